The van der Waals surface area contributed by atoms with E-state index in [-0.39, 0.29) is 17.6 Å². The Morgan fingerprint density at radius 3 is 2.56 bits per heavy atom. The molecule has 0 aliphatic carbocycles. The normalized spacial score (nSPS) is 11.9. The lowest BCUT2D eigenvalue weighted by Crippen LogP contribution is -2.16. The fourth-order valence-electron chi connectivity index (χ4n) is 1.16. The summed E-state index contributed by atoms with van der Waals surface area (Å²) in [6.07, 6.45) is -3.96. The van der Waals surface area contributed by atoms with Crippen molar-refractivity contribution in [3.8, 4) is 5.88 Å². The van der Waals surface area contributed by atoms with Crippen LogP contribution < -0.4 is 4.74 Å². The average molecular weight is 284 g/mol. The molecule has 0 atom stereocenters. The molecule has 0 bridgehead atoms. The predicted octanol–water partition coefficient (Wildman–Crippen LogP) is 2.48. The third-order valence-electron chi connectivity index (χ3n) is 1.92. The number of alkyl halides is 3. The second-order valence-electron chi connectivity index (χ2n) is 3.86. The van der Waals surface area contributed by atoms with Crippen molar-refractivity contribution in [3.63, 3.8) is 0 Å². The van der Waals surface area contributed by atoms with Crippen molar-refractivity contribution in [1.29, 1.82) is 0 Å². The van der Waals surface area contributed by atoms with Crippen LogP contribution in [0.3, 0.4) is 0 Å². The van der Waals surface area contributed by atoms with E-state index in [2.05, 4.69) is 9.97 Å². The van der Waals surface area contributed by atoms with Gasteiger partial charge in [-0.3, -0.25) is 0 Å². The van der Waals surface area contributed by atoms with Crippen molar-refractivity contribution in [2.45, 2.75) is 12.6 Å². The van der Waals surface area contributed by atoms with Crippen LogP contribution in [-0.4, -0.2) is 42.1 Å². The van der Waals surface area contributed by atoms with E-state index < -0.39 is 12.0 Å². The van der Waals surface area contributed by atoms with E-state index in [1.807, 2.05) is 19.0 Å². The highest BCUT2D eigenvalue weighted by Gasteiger charge is 2.35. The maximum absolute atomic E-state index is 12.4. The maximum Gasteiger partial charge on any atom is 0.451 e. The Morgan fingerprint density at radius 2 is 2.00 bits per heavy atom. The molecule has 4 nitrogen and oxygen atoms in total. The van der Waals surface area contributed by atoms with Crippen molar-refractivity contribution in [3.05, 3.63) is 17.0 Å². The predicted molar refractivity (Wildman–Crippen MR) is 60.7 cm³/mol. The highest BCUT2D eigenvalue weighted by atomic mass is 35.5. The molecule has 1 rings (SSSR count). The third-order valence-corrected chi connectivity index (χ3v) is 2.12. The molecule has 8 heteroatoms. The molecular formula is C10H13ClF3N3O. The van der Waals surface area contributed by atoms with E-state index in [1.165, 1.54) is 0 Å². The molecule has 0 aromatic carbocycles. The monoisotopic (exact) mass is 283 g/mol. The van der Waals surface area contributed by atoms with Crippen molar-refractivity contribution < 1.29 is 17.9 Å². The number of nitrogens with zero attached hydrogens (tertiary/aromatic N) is 3. The number of hydrogen-bond donors (Lipinski definition) is 0. The Kier molecular flexibility index (Phi) is 5.15. The van der Waals surface area contributed by atoms with Crippen LogP contribution in [0.5, 0.6) is 5.88 Å². The average Bonchev–Trinajstić information content (AvgIpc) is 2.22. The largest absolute Gasteiger partial charge is 0.477 e. The van der Waals surface area contributed by atoms with Gasteiger partial charge in [-0.05, 0) is 20.5 Å². The van der Waals surface area contributed by atoms with Gasteiger partial charge in [0.1, 0.15) is 5.15 Å². The molecule has 0 aliphatic heterocycles. The van der Waals surface area contributed by atoms with E-state index in [1.54, 1.807) is 0 Å². The molecule has 0 saturated carbocycles. The summed E-state index contributed by atoms with van der Waals surface area (Å²) in [6.45, 7) is 1.04. The maximum atomic E-state index is 12.4. The first kappa shape index (κ1) is 15.0. The van der Waals surface area contributed by atoms with Crippen LogP contribution in [-0.2, 0) is 6.18 Å². The van der Waals surface area contributed by atoms with Crippen molar-refractivity contribution >= 4 is 11.6 Å². The molecule has 18 heavy (non-hydrogen) atoms. The van der Waals surface area contributed by atoms with Gasteiger partial charge in [0.2, 0.25) is 11.7 Å². The summed E-state index contributed by atoms with van der Waals surface area (Å²) >= 11 is 5.48. The zero-order valence-corrected chi connectivity index (χ0v) is 10.7. The van der Waals surface area contributed by atoms with Crippen LogP contribution in [0, 0.1) is 0 Å². The van der Waals surface area contributed by atoms with Crippen LogP contribution in [0.4, 0.5) is 13.2 Å². The van der Waals surface area contributed by atoms with Gasteiger partial charge in [-0.15, -0.1) is 0 Å². The minimum absolute atomic E-state index is 0.166. The first-order valence-electron chi connectivity index (χ1n) is 5.18. The highest BCUT2D eigenvalue weighted by molar-refractivity contribution is 6.29. The second-order valence-corrected chi connectivity index (χ2v) is 4.24. The Morgan fingerprint density at radius 1 is 1.33 bits per heavy atom. The number of ether oxygens (including phenoxy) is 1. The summed E-state index contributed by atoms with van der Waals surface area (Å²) < 4.78 is 42.3. The molecule has 1 aromatic rings. The van der Waals surface area contributed by atoms with E-state index >= 15 is 0 Å². The van der Waals surface area contributed by atoms with E-state index in [4.69, 9.17) is 16.3 Å². The van der Waals surface area contributed by atoms with E-state index in [0.29, 0.717) is 6.42 Å². The Bertz CT molecular complexity index is 398. The fraction of sp³-hybridized carbons (Fsp3) is 0.600. The summed E-state index contributed by atoms with van der Waals surface area (Å²) in [6, 6.07) is 1.16. The molecule has 1 heterocycles. The smallest absolute Gasteiger partial charge is 0.451 e. The van der Waals surface area contributed by atoms with Crippen LogP contribution in [0.2, 0.25) is 5.15 Å². The Hall–Kier alpha value is -1.08. The number of halogens is 4. The summed E-state index contributed by atoms with van der Waals surface area (Å²) in [4.78, 5) is 8.31. The first-order chi connectivity index (χ1) is 8.29. The van der Waals surface area contributed by atoms with E-state index in [9.17, 15) is 13.2 Å². The Labute approximate surface area is 108 Å². The Balaban J connectivity index is 2.63. The SMILES string of the molecule is CN(C)CCCOc1cc(Cl)nc(C(F)(F)F)n1. The van der Waals surface area contributed by atoms with Gasteiger partial charge in [0.05, 0.1) is 6.61 Å². The number of aromatic nitrogens is 2. The topological polar surface area (TPSA) is 38.2 Å². The summed E-state index contributed by atoms with van der Waals surface area (Å²) in [5.74, 6) is -1.46. The van der Waals surface area contributed by atoms with Crippen molar-refractivity contribution in [2.75, 3.05) is 27.2 Å². The van der Waals surface area contributed by atoms with Gasteiger partial charge in [0.25, 0.3) is 0 Å². The number of hydrogen-bond acceptors (Lipinski definition) is 4. The summed E-state index contributed by atoms with van der Waals surface area (Å²) in [5.41, 5.74) is 0. The van der Waals surface area contributed by atoms with Gasteiger partial charge in [-0.2, -0.15) is 18.2 Å². The molecule has 102 valence electrons. The molecule has 1 aromatic heterocycles. The van der Waals surface area contributed by atoms with Crippen molar-refractivity contribution in [1.82, 2.24) is 14.9 Å². The van der Waals surface area contributed by atoms with Gasteiger partial charge in [-0.25, -0.2) is 4.98 Å². The number of rotatable bonds is 5. The molecule has 0 radical (unpaired) electrons. The lowest BCUT2D eigenvalue weighted by Gasteiger charge is -2.11. The molecule has 0 spiro atoms. The van der Waals surface area contributed by atoms with Crippen LogP contribution >= 0.6 is 11.6 Å². The van der Waals surface area contributed by atoms with Crippen LogP contribution in [0.15, 0.2) is 6.07 Å². The second kappa shape index (κ2) is 6.19. The van der Waals surface area contributed by atoms with Gasteiger partial charge >= 0.3 is 6.18 Å². The summed E-state index contributed by atoms with van der Waals surface area (Å²) in [7, 11) is 3.78. The molecule has 0 aliphatic rings. The standard InChI is InChI=1S/C10H13ClF3N3O/c1-17(2)4-3-5-18-8-6-7(11)15-9(16-8)10(12,13)14/h6H,3-5H2,1-2H3. The van der Waals surface area contributed by atoms with Crippen molar-refractivity contribution in [2.24, 2.45) is 0 Å². The quantitative estimate of drug-likeness (QED) is 0.615. The van der Waals surface area contributed by atoms with Gasteiger partial charge < -0.3 is 9.64 Å². The minimum atomic E-state index is -4.63. The minimum Gasteiger partial charge on any atom is -0.477 e. The summed E-state index contributed by atoms with van der Waals surface area (Å²) in [5, 5.41) is -0.292. The van der Waals surface area contributed by atoms with Crippen LogP contribution in [0.25, 0.3) is 0 Å². The molecule has 0 N–H and O–H groups in total. The van der Waals surface area contributed by atoms with E-state index in [0.717, 1.165) is 12.6 Å². The zero-order valence-electron chi connectivity index (χ0n) is 9.96. The molecule has 0 unspecified atom stereocenters. The fourth-order valence-corrected chi connectivity index (χ4v) is 1.33. The lowest BCUT2D eigenvalue weighted by atomic mass is 10.4. The van der Waals surface area contributed by atoms with Crippen LogP contribution in [0.1, 0.15) is 12.2 Å². The third kappa shape index (κ3) is 5.05. The van der Waals surface area contributed by atoms with Gasteiger partial charge in [0.15, 0.2) is 0 Å². The zero-order chi connectivity index (χ0) is 13.8. The molecule has 0 amide bonds. The molecule has 0 saturated heterocycles. The highest BCUT2D eigenvalue weighted by Crippen LogP contribution is 2.28. The van der Waals surface area contributed by atoms with Gasteiger partial charge in [0, 0.05) is 12.6 Å². The van der Waals surface area contributed by atoms with Gasteiger partial charge in [-0.1, -0.05) is 11.6 Å². The lowest BCUT2D eigenvalue weighted by molar-refractivity contribution is -0.145. The molecule has 0 fully saturated rings. The molecular weight excluding hydrogens is 271 g/mol. The first-order valence-corrected chi connectivity index (χ1v) is 5.56.